The van der Waals surface area contributed by atoms with E-state index in [4.69, 9.17) is 16.3 Å². The third kappa shape index (κ3) is 4.49. The van der Waals surface area contributed by atoms with Crippen molar-refractivity contribution in [2.75, 3.05) is 13.2 Å². The van der Waals surface area contributed by atoms with Gasteiger partial charge in [-0.1, -0.05) is 41.9 Å². The molecule has 7 heteroatoms. The Bertz CT molecular complexity index is 1070. The second-order valence-electron chi connectivity index (χ2n) is 7.12. The van der Waals surface area contributed by atoms with Crippen LogP contribution in [0.5, 0.6) is 0 Å². The first-order chi connectivity index (χ1) is 14.1. The summed E-state index contributed by atoms with van der Waals surface area (Å²) in [7, 11) is 0. The topological polar surface area (TPSA) is 73.2 Å². The number of nitrogens with one attached hydrogen (secondary N) is 1. The minimum Gasteiger partial charge on any atom is -0.376 e. The molecule has 1 aromatic heterocycles. The average Bonchev–Trinajstić information content (AvgIpc) is 3.26. The fraction of sp³-hybridized carbons (Fsp3) is 0.318. The normalized spacial score (nSPS) is 16.2. The van der Waals surface area contributed by atoms with E-state index in [-0.39, 0.29) is 30.5 Å². The number of aromatic nitrogens is 2. The van der Waals surface area contributed by atoms with Crippen LogP contribution >= 0.6 is 11.6 Å². The molecule has 2 aromatic carbocycles. The maximum absolute atomic E-state index is 12.9. The molecule has 150 valence electrons. The number of nitrogens with zero attached hydrogens (tertiary/aromatic N) is 2. The number of hydrogen-bond donors (Lipinski definition) is 1. The van der Waals surface area contributed by atoms with Crippen molar-refractivity contribution in [2.45, 2.75) is 31.9 Å². The van der Waals surface area contributed by atoms with Crippen LogP contribution < -0.4 is 10.9 Å². The monoisotopic (exact) mass is 411 g/mol. The van der Waals surface area contributed by atoms with Crippen LogP contribution in [-0.4, -0.2) is 34.9 Å². The Morgan fingerprint density at radius 3 is 2.66 bits per heavy atom. The van der Waals surface area contributed by atoms with Crippen LogP contribution in [0.1, 0.15) is 19.3 Å². The molecule has 6 nitrogen and oxygen atoms in total. The third-order valence-corrected chi connectivity index (χ3v) is 5.34. The van der Waals surface area contributed by atoms with E-state index >= 15 is 0 Å². The zero-order valence-corrected chi connectivity index (χ0v) is 16.7. The van der Waals surface area contributed by atoms with Crippen molar-refractivity contribution in [3.05, 3.63) is 63.9 Å². The van der Waals surface area contributed by atoms with Crippen LogP contribution in [-0.2, 0) is 16.1 Å². The quantitative estimate of drug-likeness (QED) is 0.674. The number of carbonyl (C=O) groups is 1. The number of rotatable bonds is 6. The highest BCUT2D eigenvalue weighted by atomic mass is 35.5. The largest absolute Gasteiger partial charge is 0.376 e. The van der Waals surface area contributed by atoms with Crippen molar-refractivity contribution in [1.82, 2.24) is 15.1 Å². The highest BCUT2D eigenvalue weighted by Crippen LogP contribution is 2.25. The molecule has 1 fully saturated rings. The standard InChI is InChI=1S/C22H22ClN3O3/c23-16-9-7-15(8-10-16)21-18-5-1-2-6-19(18)22(28)26(25-21)12-11-20(27)24-14-17-4-3-13-29-17/h1-2,5-10,17H,3-4,11-14H2,(H,24,27). The van der Waals surface area contributed by atoms with Gasteiger partial charge in [0.25, 0.3) is 5.56 Å². The first kappa shape index (κ1) is 19.6. The molecule has 3 aromatic rings. The zero-order chi connectivity index (χ0) is 20.2. The number of carbonyl (C=O) groups excluding carboxylic acids is 1. The van der Waals surface area contributed by atoms with Gasteiger partial charge < -0.3 is 10.1 Å². The van der Waals surface area contributed by atoms with E-state index in [1.54, 1.807) is 18.2 Å². The number of aryl methyl sites for hydroxylation is 1. The Morgan fingerprint density at radius 1 is 1.17 bits per heavy atom. The second-order valence-corrected chi connectivity index (χ2v) is 7.55. The van der Waals surface area contributed by atoms with Crippen LogP contribution in [0.4, 0.5) is 0 Å². The number of benzene rings is 2. The summed E-state index contributed by atoms with van der Waals surface area (Å²) in [4.78, 5) is 25.1. The molecule has 2 heterocycles. The van der Waals surface area contributed by atoms with Gasteiger partial charge in [-0.15, -0.1) is 0 Å². The molecule has 0 saturated carbocycles. The van der Waals surface area contributed by atoms with Crippen molar-refractivity contribution in [3.63, 3.8) is 0 Å². The van der Waals surface area contributed by atoms with Crippen LogP contribution in [0.2, 0.25) is 5.02 Å². The fourth-order valence-electron chi connectivity index (χ4n) is 3.54. The van der Waals surface area contributed by atoms with E-state index in [2.05, 4.69) is 10.4 Å². The molecule has 0 radical (unpaired) electrons. The number of fused-ring (bicyclic) bond motifs is 1. The lowest BCUT2D eigenvalue weighted by atomic mass is 10.1. The molecule has 0 bridgehead atoms. The predicted molar refractivity (Wildman–Crippen MR) is 113 cm³/mol. The van der Waals surface area contributed by atoms with Gasteiger partial charge in [-0.25, -0.2) is 4.68 Å². The van der Waals surface area contributed by atoms with Crippen molar-refractivity contribution in [3.8, 4) is 11.3 Å². The first-order valence-corrected chi connectivity index (χ1v) is 10.1. The lowest BCUT2D eigenvalue weighted by molar-refractivity contribution is -0.121. The molecule has 1 N–H and O–H groups in total. The number of hydrogen-bond acceptors (Lipinski definition) is 4. The summed E-state index contributed by atoms with van der Waals surface area (Å²) in [6, 6.07) is 14.7. The van der Waals surface area contributed by atoms with Gasteiger partial charge in [-0.2, -0.15) is 5.10 Å². The molecular formula is C22H22ClN3O3. The summed E-state index contributed by atoms with van der Waals surface area (Å²) in [5.41, 5.74) is 1.35. The Balaban J connectivity index is 1.57. The smallest absolute Gasteiger partial charge is 0.274 e. The molecule has 1 atom stereocenters. The molecule has 4 rings (SSSR count). The molecule has 1 unspecified atom stereocenters. The van der Waals surface area contributed by atoms with Gasteiger partial charge in [-0.05, 0) is 31.0 Å². The summed E-state index contributed by atoms with van der Waals surface area (Å²) in [6.07, 6.45) is 2.27. The minimum atomic E-state index is -0.203. The van der Waals surface area contributed by atoms with E-state index in [0.717, 1.165) is 30.4 Å². The van der Waals surface area contributed by atoms with E-state index in [1.165, 1.54) is 4.68 Å². The Kier molecular flexibility index (Phi) is 5.92. The second kappa shape index (κ2) is 8.76. The van der Waals surface area contributed by atoms with Gasteiger partial charge >= 0.3 is 0 Å². The van der Waals surface area contributed by atoms with E-state index in [9.17, 15) is 9.59 Å². The van der Waals surface area contributed by atoms with Crippen LogP contribution in [0.3, 0.4) is 0 Å². The van der Waals surface area contributed by atoms with E-state index in [0.29, 0.717) is 22.6 Å². The average molecular weight is 412 g/mol. The third-order valence-electron chi connectivity index (χ3n) is 5.09. The number of ether oxygens (including phenoxy) is 1. The highest BCUT2D eigenvalue weighted by Gasteiger charge is 2.17. The highest BCUT2D eigenvalue weighted by molar-refractivity contribution is 6.30. The summed E-state index contributed by atoms with van der Waals surface area (Å²) in [5, 5.41) is 9.44. The molecule has 29 heavy (non-hydrogen) atoms. The zero-order valence-electron chi connectivity index (χ0n) is 15.9. The fourth-order valence-corrected chi connectivity index (χ4v) is 3.66. The van der Waals surface area contributed by atoms with Crippen molar-refractivity contribution < 1.29 is 9.53 Å². The Hall–Kier alpha value is -2.70. The lowest BCUT2D eigenvalue weighted by Gasteiger charge is -2.13. The summed E-state index contributed by atoms with van der Waals surface area (Å²) < 4.78 is 6.89. The molecule has 0 spiro atoms. The van der Waals surface area contributed by atoms with Crippen LogP contribution in [0.15, 0.2) is 53.3 Å². The molecule has 1 saturated heterocycles. The minimum absolute atomic E-state index is 0.0944. The molecular weight excluding hydrogens is 390 g/mol. The van der Waals surface area contributed by atoms with Crippen molar-refractivity contribution >= 4 is 28.3 Å². The van der Waals surface area contributed by atoms with Gasteiger partial charge in [-0.3, -0.25) is 9.59 Å². The maximum Gasteiger partial charge on any atom is 0.274 e. The van der Waals surface area contributed by atoms with Crippen molar-refractivity contribution in [2.24, 2.45) is 0 Å². The van der Waals surface area contributed by atoms with Gasteiger partial charge in [0.2, 0.25) is 5.91 Å². The van der Waals surface area contributed by atoms with Crippen LogP contribution in [0, 0.1) is 0 Å². The van der Waals surface area contributed by atoms with Gasteiger partial charge in [0.15, 0.2) is 0 Å². The number of amides is 1. The molecule has 1 aliphatic rings. The molecule has 1 aliphatic heterocycles. The van der Waals surface area contributed by atoms with E-state index in [1.807, 2.05) is 30.3 Å². The summed E-state index contributed by atoms with van der Waals surface area (Å²) >= 11 is 6.01. The predicted octanol–water partition coefficient (Wildman–Crippen LogP) is 3.40. The summed E-state index contributed by atoms with van der Waals surface area (Å²) in [6.45, 7) is 1.47. The van der Waals surface area contributed by atoms with Crippen molar-refractivity contribution in [1.29, 1.82) is 0 Å². The first-order valence-electron chi connectivity index (χ1n) is 9.76. The Labute approximate surface area is 173 Å². The van der Waals surface area contributed by atoms with Crippen LogP contribution in [0.25, 0.3) is 22.0 Å². The lowest BCUT2D eigenvalue weighted by Crippen LogP contribution is -2.33. The van der Waals surface area contributed by atoms with Gasteiger partial charge in [0, 0.05) is 35.5 Å². The molecule has 1 amide bonds. The van der Waals surface area contributed by atoms with Gasteiger partial charge in [0.05, 0.1) is 23.7 Å². The Morgan fingerprint density at radius 2 is 1.93 bits per heavy atom. The maximum atomic E-state index is 12.9. The molecule has 0 aliphatic carbocycles. The number of halogens is 1. The summed E-state index contributed by atoms with van der Waals surface area (Å²) in [5.74, 6) is -0.115. The van der Waals surface area contributed by atoms with E-state index < -0.39 is 0 Å². The SMILES string of the molecule is O=C(CCn1nc(-c2ccc(Cl)cc2)c2ccccc2c1=O)NCC1CCCO1. The van der Waals surface area contributed by atoms with Gasteiger partial charge in [0.1, 0.15) is 0 Å².